The van der Waals surface area contributed by atoms with Crippen LogP contribution in [-0.2, 0) is 4.79 Å². The Morgan fingerprint density at radius 3 is 2.14 bits per heavy atom. The second-order valence-electron chi connectivity index (χ2n) is 2.36. The first-order valence-corrected chi connectivity index (χ1v) is 5.39. The SMILES string of the molecule is CC.CC.CC(=O)NC1C=CC=CC1. The van der Waals surface area contributed by atoms with Crippen molar-refractivity contribution in [3.8, 4) is 0 Å². The second-order valence-corrected chi connectivity index (χ2v) is 2.36. The van der Waals surface area contributed by atoms with Crippen molar-refractivity contribution >= 4 is 5.91 Å². The highest BCUT2D eigenvalue weighted by molar-refractivity contribution is 5.73. The lowest BCUT2D eigenvalue weighted by Gasteiger charge is -2.12. The third kappa shape index (κ3) is 9.04. The molecule has 0 radical (unpaired) electrons. The van der Waals surface area contributed by atoms with Crippen LogP contribution in [0.15, 0.2) is 24.3 Å². The molecule has 0 aliphatic heterocycles. The molecule has 1 aliphatic carbocycles. The van der Waals surface area contributed by atoms with Gasteiger partial charge in [0.25, 0.3) is 0 Å². The van der Waals surface area contributed by atoms with Gasteiger partial charge in [0.2, 0.25) is 5.91 Å². The third-order valence-corrected chi connectivity index (χ3v) is 1.37. The van der Waals surface area contributed by atoms with Gasteiger partial charge in [0.1, 0.15) is 0 Å². The van der Waals surface area contributed by atoms with Gasteiger partial charge in [0, 0.05) is 6.92 Å². The minimum atomic E-state index is 0.0324. The Morgan fingerprint density at radius 2 is 1.79 bits per heavy atom. The molecule has 0 aromatic heterocycles. The highest BCUT2D eigenvalue weighted by Crippen LogP contribution is 2.01. The summed E-state index contributed by atoms with van der Waals surface area (Å²) in [5.41, 5.74) is 0. The van der Waals surface area contributed by atoms with Gasteiger partial charge in [-0.1, -0.05) is 52.0 Å². The van der Waals surface area contributed by atoms with Gasteiger partial charge in [-0.05, 0) is 6.42 Å². The maximum Gasteiger partial charge on any atom is 0.217 e. The van der Waals surface area contributed by atoms with E-state index in [2.05, 4.69) is 5.32 Å². The predicted molar refractivity (Wildman–Crippen MR) is 63.2 cm³/mol. The van der Waals surface area contributed by atoms with Gasteiger partial charge < -0.3 is 5.32 Å². The fourth-order valence-electron chi connectivity index (χ4n) is 0.949. The van der Waals surface area contributed by atoms with Gasteiger partial charge >= 0.3 is 0 Å². The highest BCUT2D eigenvalue weighted by Gasteiger charge is 2.04. The molecule has 0 heterocycles. The third-order valence-electron chi connectivity index (χ3n) is 1.37. The Labute approximate surface area is 88.1 Å². The average molecular weight is 197 g/mol. The molecular formula is C12H23NO. The van der Waals surface area contributed by atoms with E-state index in [9.17, 15) is 4.79 Å². The molecule has 1 amide bonds. The highest BCUT2D eigenvalue weighted by atomic mass is 16.1. The molecule has 0 saturated heterocycles. The summed E-state index contributed by atoms with van der Waals surface area (Å²) in [4.78, 5) is 10.5. The van der Waals surface area contributed by atoms with Gasteiger partial charge in [-0.25, -0.2) is 0 Å². The molecule has 0 spiro atoms. The van der Waals surface area contributed by atoms with Gasteiger partial charge in [-0.2, -0.15) is 0 Å². The molecule has 0 aromatic rings. The molecule has 0 saturated carbocycles. The maximum absolute atomic E-state index is 10.5. The number of hydrogen-bond acceptors (Lipinski definition) is 1. The summed E-state index contributed by atoms with van der Waals surface area (Å²) >= 11 is 0. The average Bonchev–Trinajstić information content (AvgIpc) is 2.24. The number of hydrogen-bond donors (Lipinski definition) is 1. The number of allylic oxidation sites excluding steroid dienone is 2. The van der Waals surface area contributed by atoms with Crippen molar-refractivity contribution in [2.24, 2.45) is 0 Å². The number of carbonyl (C=O) groups is 1. The van der Waals surface area contributed by atoms with Crippen molar-refractivity contribution in [2.45, 2.75) is 47.1 Å². The van der Waals surface area contributed by atoms with Crippen LogP contribution >= 0.6 is 0 Å². The fourth-order valence-corrected chi connectivity index (χ4v) is 0.949. The summed E-state index contributed by atoms with van der Waals surface area (Å²) in [5, 5.41) is 2.80. The molecular weight excluding hydrogens is 174 g/mol. The molecule has 1 aliphatic rings. The molecule has 82 valence electrons. The van der Waals surface area contributed by atoms with Crippen LogP contribution in [0.5, 0.6) is 0 Å². The topological polar surface area (TPSA) is 29.1 Å². The predicted octanol–water partition coefficient (Wildman–Crippen LogP) is 3.06. The van der Waals surface area contributed by atoms with Crippen LogP contribution in [-0.4, -0.2) is 11.9 Å². The molecule has 0 fully saturated rings. The molecule has 14 heavy (non-hydrogen) atoms. The van der Waals surface area contributed by atoms with Gasteiger partial charge in [0.15, 0.2) is 0 Å². The van der Waals surface area contributed by atoms with Crippen LogP contribution in [0, 0.1) is 0 Å². The quantitative estimate of drug-likeness (QED) is 0.687. The zero-order valence-electron chi connectivity index (χ0n) is 10.0. The Balaban J connectivity index is 0. The molecule has 1 unspecified atom stereocenters. The van der Waals surface area contributed by atoms with E-state index < -0.39 is 0 Å². The Kier molecular flexibility index (Phi) is 13.2. The lowest BCUT2D eigenvalue weighted by Crippen LogP contribution is -2.31. The number of carbonyl (C=O) groups excluding carboxylic acids is 1. The van der Waals surface area contributed by atoms with Crippen molar-refractivity contribution in [1.29, 1.82) is 0 Å². The van der Waals surface area contributed by atoms with Crippen molar-refractivity contribution in [3.05, 3.63) is 24.3 Å². The summed E-state index contributed by atoms with van der Waals surface area (Å²) in [6, 6.07) is 0.211. The Morgan fingerprint density at radius 1 is 1.21 bits per heavy atom. The smallest absolute Gasteiger partial charge is 0.217 e. The largest absolute Gasteiger partial charge is 0.350 e. The minimum Gasteiger partial charge on any atom is -0.350 e. The molecule has 0 bridgehead atoms. The minimum absolute atomic E-state index is 0.0324. The molecule has 0 aromatic carbocycles. The van der Waals surface area contributed by atoms with Crippen LogP contribution in [0.4, 0.5) is 0 Å². The summed E-state index contributed by atoms with van der Waals surface area (Å²) in [7, 11) is 0. The van der Waals surface area contributed by atoms with Gasteiger partial charge in [0.05, 0.1) is 6.04 Å². The summed E-state index contributed by atoms with van der Waals surface area (Å²) in [6.45, 7) is 9.53. The van der Waals surface area contributed by atoms with Crippen LogP contribution in [0.25, 0.3) is 0 Å². The Bertz CT molecular complexity index is 183. The van der Waals surface area contributed by atoms with Crippen LogP contribution in [0.1, 0.15) is 41.0 Å². The zero-order valence-corrected chi connectivity index (χ0v) is 10.0. The molecule has 2 heteroatoms. The standard InChI is InChI=1S/C8H11NO.2C2H6/c1-7(10)9-8-5-3-2-4-6-8;2*1-2/h2-5,8H,6H2,1H3,(H,9,10);2*1-2H3. The van der Waals surface area contributed by atoms with Crippen molar-refractivity contribution in [1.82, 2.24) is 5.32 Å². The van der Waals surface area contributed by atoms with Crippen LogP contribution in [0.2, 0.25) is 0 Å². The van der Waals surface area contributed by atoms with Gasteiger partial charge in [-0.3, -0.25) is 4.79 Å². The van der Waals surface area contributed by atoms with E-state index >= 15 is 0 Å². The van der Waals surface area contributed by atoms with E-state index in [0.29, 0.717) is 0 Å². The van der Waals surface area contributed by atoms with Crippen molar-refractivity contribution in [3.63, 3.8) is 0 Å². The first-order valence-electron chi connectivity index (χ1n) is 5.39. The molecule has 1 N–H and O–H groups in total. The van der Waals surface area contributed by atoms with Gasteiger partial charge in [-0.15, -0.1) is 0 Å². The fraction of sp³-hybridized carbons (Fsp3) is 0.583. The molecule has 1 atom stereocenters. The van der Waals surface area contributed by atoms with Crippen LogP contribution < -0.4 is 5.32 Å². The molecule has 2 nitrogen and oxygen atoms in total. The van der Waals surface area contributed by atoms with E-state index in [-0.39, 0.29) is 11.9 Å². The molecule has 1 rings (SSSR count). The summed E-state index contributed by atoms with van der Waals surface area (Å²) < 4.78 is 0. The first kappa shape index (κ1) is 15.4. The van der Waals surface area contributed by atoms with Crippen LogP contribution in [0.3, 0.4) is 0 Å². The van der Waals surface area contributed by atoms with E-state index in [4.69, 9.17) is 0 Å². The lowest BCUT2D eigenvalue weighted by atomic mass is 10.1. The van der Waals surface area contributed by atoms with E-state index in [1.165, 1.54) is 6.92 Å². The van der Waals surface area contributed by atoms with Crippen molar-refractivity contribution in [2.75, 3.05) is 0 Å². The second kappa shape index (κ2) is 11.9. The van der Waals surface area contributed by atoms with E-state index in [1.807, 2.05) is 52.0 Å². The zero-order chi connectivity index (χ0) is 11.4. The number of rotatable bonds is 1. The normalized spacial score (nSPS) is 17.1. The summed E-state index contributed by atoms with van der Waals surface area (Å²) in [6.07, 6.45) is 8.88. The van der Waals surface area contributed by atoms with Crippen molar-refractivity contribution < 1.29 is 4.79 Å². The summed E-state index contributed by atoms with van der Waals surface area (Å²) in [5.74, 6) is 0.0324. The van der Waals surface area contributed by atoms with E-state index in [0.717, 1.165) is 6.42 Å². The van der Waals surface area contributed by atoms with E-state index in [1.54, 1.807) is 0 Å². The number of amides is 1. The monoisotopic (exact) mass is 197 g/mol. The Hall–Kier alpha value is -1.05. The first-order chi connectivity index (χ1) is 6.79. The number of nitrogens with one attached hydrogen (secondary N) is 1. The maximum atomic E-state index is 10.5. The lowest BCUT2D eigenvalue weighted by molar-refractivity contribution is -0.119.